The summed E-state index contributed by atoms with van der Waals surface area (Å²) in [6.07, 6.45) is 11.2. The van der Waals surface area contributed by atoms with E-state index in [9.17, 15) is 17.9 Å². The highest BCUT2D eigenvalue weighted by Gasteiger charge is 2.44. The zero-order valence-electron chi connectivity index (χ0n) is 54.3. The van der Waals surface area contributed by atoms with Crippen LogP contribution < -0.4 is 0 Å². The summed E-state index contributed by atoms with van der Waals surface area (Å²) in [5.74, 6) is 0. The van der Waals surface area contributed by atoms with E-state index in [0.717, 1.165) is 13.3 Å². The summed E-state index contributed by atoms with van der Waals surface area (Å²) in [6.45, 7) is 61.1. The van der Waals surface area contributed by atoms with Gasteiger partial charge in [-0.1, -0.05) is 426 Å². The van der Waals surface area contributed by atoms with E-state index in [4.69, 9.17) is 0 Å². The summed E-state index contributed by atoms with van der Waals surface area (Å²) in [6, 6.07) is 48.0. The van der Waals surface area contributed by atoms with E-state index in [1.807, 2.05) is 133 Å². The zero-order chi connectivity index (χ0) is 61.4. The van der Waals surface area contributed by atoms with Crippen LogP contribution in [0.15, 0.2) is 177 Å². The molecule has 6 heteroatoms. The predicted octanol–water partition coefficient (Wildman–Crippen LogP) is 33.1. The quantitative estimate of drug-likeness (QED) is 0.133. The molecule has 526 valence electrons. The Kier molecular flexibility index (Phi) is 227. The summed E-state index contributed by atoms with van der Waals surface area (Å²) < 4.78 is 49.5. The molecule has 0 spiro atoms. The normalized spacial score (nSPS) is 7.35. The Labute approximate surface area is 552 Å². The van der Waals surface area contributed by atoms with Crippen LogP contribution in [0.1, 0.15) is 286 Å². The van der Waals surface area contributed by atoms with Crippen molar-refractivity contribution < 1.29 is 17.9 Å². The van der Waals surface area contributed by atoms with Gasteiger partial charge in [-0.05, 0) is 59.9 Å². The van der Waals surface area contributed by atoms with Crippen LogP contribution in [0.3, 0.4) is 0 Å². The molecule has 0 radical (unpaired) electrons. The summed E-state index contributed by atoms with van der Waals surface area (Å²) in [5.41, 5.74) is 1.74. The molecule has 0 bridgehead atoms. The number of hydrogen-bond acceptors (Lipinski definition) is 2. The number of alkyl halides is 2. The van der Waals surface area contributed by atoms with Crippen LogP contribution in [0.4, 0.5) is 8.78 Å². The minimum Gasteiger partial charge on any atom is -0.324 e. The van der Waals surface area contributed by atoms with Gasteiger partial charge in [-0.2, -0.15) is 8.78 Å². The van der Waals surface area contributed by atoms with Crippen molar-refractivity contribution in [1.82, 2.24) is 0 Å². The molecule has 0 aliphatic heterocycles. The molecule has 0 heterocycles. The van der Waals surface area contributed by atoms with Gasteiger partial charge in [0.25, 0.3) is 0 Å². The van der Waals surface area contributed by atoms with Crippen molar-refractivity contribution in [3.8, 4) is 0 Å². The van der Waals surface area contributed by atoms with Gasteiger partial charge in [0.2, 0.25) is 0 Å². The molecule has 0 saturated heterocycles. The number of aryl methyl sites for hydroxylation is 3. The first-order valence-electron chi connectivity index (χ1n) is 28.1. The summed E-state index contributed by atoms with van der Waals surface area (Å²) in [7, 11) is -5.31. The van der Waals surface area contributed by atoms with Gasteiger partial charge in [0, 0.05) is 11.7 Å². The van der Waals surface area contributed by atoms with Gasteiger partial charge in [-0.3, -0.25) is 0 Å². The molecule has 0 atom stereocenters. The number of benzene rings is 5. The topological polar surface area (TPSA) is 34.1 Å². The molecule has 0 fully saturated rings. The van der Waals surface area contributed by atoms with Crippen LogP contribution >= 0.6 is 14.3 Å². The molecule has 0 aromatic heterocycles. The molecule has 0 aliphatic carbocycles. The third-order valence-electron chi connectivity index (χ3n) is 6.02. The average molecular weight is 1260 g/mol. The Morgan fingerprint density at radius 3 is 0.616 bits per heavy atom. The van der Waals surface area contributed by atoms with E-state index in [1.54, 1.807) is 12.1 Å². The highest BCUT2D eigenvalue weighted by atomic mass is 31.2. The van der Waals surface area contributed by atoms with E-state index in [2.05, 4.69) is 174 Å². The summed E-state index contributed by atoms with van der Waals surface area (Å²) in [5, 5.41) is 0. The lowest BCUT2D eigenvalue weighted by Crippen LogP contribution is -2.12. The second-order valence-electron chi connectivity index (χ2n) is 16.8. The van der Waals surface area contributed by atoms with Crippen molar-refractivity contribution in [3.05, 3.63) is 205 Å². The van der Waals surface area contributed by atoms with Crippen LogP contribution in [0.5, 0.6) is 0 Å². The van der Waals surface area contributed by atoms with Gasteiger partial charge >= 0.3 is 5.66 Å². The van der Waals surface area contributed by atoms with Crippen LogP contribution in [0.2, 0.25) is 0 Å². The molecule has 5 rings (SSSR count). The maximum absolute atomic E-state index is 13.4. The van der Waals surface area contributed by atoms with Gasteiger partial charge < -0.3 is 9.13 Å². The molecule has 0 N–H and O–H groups in total. The second-order valence-corrected chi connectivity index (χ2v) is 23.5. The smallest absolute Gasteiger partial charge is 0.322 e. The first-order chi connectivity index (χ1) is 35.4. The Hall–Kier alpha value is -4.10. The van der Waals surface area contributed by atoms with Gasteiger partial charge in [0.1, 0.15) is 0 Å². The molecule has 0 aliphatic rings. The summed E-state index contributed by atoms with van der Waals surface area (Å²) in [4.78, 5) is 0. The van der Waals surface area contributed by atoms with Crippen molar-refractivity contribution in [1.29, 1.82) is 0 Å². The lowest BCUT2D eigenvalue weighted by molar-refractivity contribution is 0.0893. The molecule has 5 aromatic rings. The van der Waals surface area contributed by atoms with Crippen LogP contribution in [0.25, 0.3) is 0 Å². The molecule has 5 aromatic carbocycles. The first kappa shape index (κ1) is 149. The largest absolute Gasteiger partial charge is 0.324 e. The lowest BCUT2D eigenvalue weighted by Gasteiger charge is -2.20. The van der Waals surface area contributed by atoms with Crippen molar-refractivity contribution in [2.45, 2.75) is 291 Å². The Balaban J connectivity index is -0.0000000262. The number of halogens is 2. The van der Waals surface area contributed by atoms with E-state index in [0.29, 0.717) is 6.16 Å². The van der Waals surface area contributed by atoms with Gasteiger partial charge in [-0.25, -0.2) is 0 Å². The van der Waals surface area contributed by atoms with E-state index in [1.165, 1.54) is 91.5 Å². The number of allylic oxidation sites excluding steroid dienone is 1. The lowest BCUT2D eigenvalue weighted by atomic mass is 10.2. The second kappa shape index (κ2) is 131. The van der Waals surface area contributed by atoms with Crippen molar-refractivity contribution in [2.75, 3.05) is 26.7 Å². The van der Waals surface area contributed by atoms with Gasteiger partial charge in [0.15, 0.2) is 7.14 Å². The Bertz CT molecular complexity index is 1610. The standard InChI is InChI=1S/C9H11F2OP.C9H13OP.3C7H8.7C3H8.C3H6.2C2H6.C2H4.11CH4/c1-13(2,12)9(10,11)8-6-4-3-5-7-8;1-11(2,10)8-9-6-4-3-5-7-9;3*1-7-5-3-2-4-6-7;8*1-3-2;3*1-2;;;;;;;;;;;/h3-7H,1-2H3;3-7H,8H2,1-2H3;3*2-6H,1H3;7*3H2,1-2H3;3H,1H2,2H3;2*1-2H3;1-2H2;11*1H4. The predicted molar refractivity (Wildman–Crippen MR) is 429 cm³/mol. The molecular weight excluding hydrogens is 1090 g/mol. The molecule has 0 saturated carbocycles. The third kappa shape index (κ3) is 159. The minimum atomic E-state index is -3.42. The molecule has 2 nitrogen and oxygen atoms in total. The van der Waals surface area contributed by atoms with Crippen LogP contribution in [-0.4, -0.2) is 26.7 Å². The fourth-order valence-corrected chi connectivity index (χ4v) is 5.44. The first-order valence-corrected chi connectivity index (χ1v) is 33.5. The van der Waals surface area contributed by atoms with Gasteiger partial charge in [0.05, 0.1) is 7.14 Å². The Morgan fingerprint density at radius 1 is 0.360 bits per heavy atom. The van der Waals surface area contributed by atoms with E-state index in [-0.39, 0.29) is 87.3 Å². The van der Waals surface area contributed by atoms with Crippen molar-refractivity contribution >= 4 is 14.3 Å². The zero-order valence-corrected chi connectivity index (χ0v) is 56.0. The number of hydrogen-bond donors (Lipinski definition) is 0. The SMILES string of the molecule is C.C.C.C.C.C.C.C.C.C.C.C=C.C=CC.CC.CC.CCC.CCC.CCC.CCC.CCC.CCC.CCC.CP(C)(=O)C(F)(F)c1ccccc1.CP(C)(=O)Cc1ccccc1.Cc1ccccc1.Cc1ccccc1.Cc1ccccc1. The highest BCUT2D eigenvalue weighted by molar-refractivity contribution is 7.63. The maximum Gasteiger partial charge on any atom is 0.322 e. The third-order valence-corrected chi connectivity index (χ3v) is 8.76. The molecular formula is C80H170F2O2P2. The summed E-state index contributed by atoms with van der Waals surface area (Å²) >= 11 is 0. The highest BCUT2D eigenvalue weighted by Crippen LogP contribution is 2.59. The Morgan fingerprint density at radius 2 is 0.500 bits per heavy atom. The monoisotopic (exact) mass is 1260 g/mol. The molecule has 0 amide bonds. The van der Waals surface area contributed by atoms with E-state index < -0.39 is 19.9 Å². The number of rotatable bonds is 4. The minimum absolute atomic E-state index is 0. The van der Waals surface area contributed by atoms with Crippen molar-refractivity contribution in [2.24, 2.45) is 0 Å². The maximum atomic E-state index is 13.4. The fourth-order valence-electron chi connectivity index (χ4n) is 3.58. The van der Waals surface area contributed by atoms with Gasteiger partial charge in [-0.15, -0.1) is 19.7 Å². The van der Waals surface area contributed by atoms with Crippen molar-refractivity contribution in [3.63, 3.8) is 0 Å². The van der Waals surface area contributed by atoms with E-state index >= 15 is 0 Å². The van der Waals surface area contributed by atoms with Crippen LogP contribution in [-0.2, 0) is 21.0 Å². The molecule has 0 unspecified atom stereocenters. The fraction of sp³-hybridized carbons (Fsp3) is 0.575. The molecule has 86 heavy (non-hydrogen) atoms. The average Bonchev–Trinajstić information content (AvgIpc) is 3.37. The van der Waals surface area contributed by atoms with Crippen LogP contribution in [0, 0.1) is 20.8 Å².